The zero-order valence-electron chi connectivity index (χ0n) is 69.6. The van der Waals surface area contributed by atoms with Crippen molar-refractivity contribution in [2.75, 3.05) is 45.0 Å². The highest BCUT2D eigenvalue weighted by molar-refractivity contribution is 8.76. The number of ether oxygens (including phenoxy) is 3. The number of carbonyl (C=O) groups is 18. The molecule has 4 rings (SSSR count). The van der Waals surface area contributed by atoms with Gasteiger partial charge in [0.25, 0.3) is 0 Å². The second-order valence-electron chi connectivity index (χ2n) is 29.8. The summed E-state index contributed by atoms with van der Waals surface area (Å²) in [5, 5.41) is 87.4. The van der Waals surface area contributed by atoms with Crippen LogP contribution in [0.5, 0.6) is 5.75 Å². The van der Waals surface area contributed by atoms with Crippen LogP contribution in [0.1, 0.15) is 189 Å². The molecule has 0 aliphatic carbocycles. The molecule has 123 heavy (non-hydrogen) atoms. The number of aromatic hydroxyl groups is 1. The summed E-state index contributed by atoms with van der Waals surface area (Å²) >= 11 is 1.04. The van der Waals surface area contributed by atoms with Gasteiger partial charge in [-0.3, -0.25) is 67.9 Å². The lowest BCUT2D eigenvalue weighted by molar-refractivity contribution is -0.161. The van der Waals surface area contributed by atoms with Gasteiger partial charge < -0.3 is 97.4 Å². The molecule has 44 heteroatoms. The highest BCUT2D eigenvalue weighted by Crippen LogP contribution is 2.34. The fourth-order valence-electron chi connectivity index (χ4n) is 12.7. The number of nitrogens with one attached hydrogen (secondary N) is 10. The molecule has 0 radical (unpaired) electrons. The molecule has 17 N–H and O–H groups in total. The Kier molecular flexibility index (Phi) is 45.8. The maximum Gasteiger partial charge on any atom is 0.426 e. The lowest BCUT2D eigenvalue weighted by Crippen LogP contribution is -2.59. The number of hydrogen-bond donors (Lipinski definition) is 17. The lowest BCUT2D eigenvalue weighted by atomic mass is 9.86. The van der Waals surface area contributed by atoms with Crippen LogP contribution in [-0.2, 0) is 101 Å². The van der Waals surface area contributed by atoms with E-state index in [9.17, 15) is 112 Å². The molecule has 2 heterocycles. The number of hydrogen-bond acceptors (Lipinski definition) is 27. The predicted octanol–water partition coefficient (Wildman–Crippen LogP) is 4.38. The fourth-order valence-corrected chi connectivity index (χ4v) is 15.6. The van der Waals surface area contributed by atoms with Crippen LogP contribution in [-0.4, -0.2) is 251 Å². The van der Waals surface area contributed by atoms with Crippen molar-refractivity contribution < 1.29 is 136 Å². The number of carboxylic acids is 6. The molecule has 1 saturated heterocycles. The third kappa shape index (κ3) is 39.1. The number of ketones is 1. The van der Waals surface area contributed by atoms with Crippen molar-refractivity contribution in [2.24, 2.45) is 23.7 Å². The molecule has 0 spiro atoms. The molecule has 1 aromatic heterocycles. The van der Waals surface area contributed by atoms with Gasteiger partial charge in [-0.15, -0.1) is 11.3 Å². The van der Waals surface area contributed by atoms with Crippen molar-refractivity contribution >= 4 is 140 Å². The predicted molar refractivity (Wildman–Crippen MR) is 443 cm³/mol. The first kappa shape index (κ1) is 104. The maximum absolute atomic E-state index is 15.0. The van der Waals surface area contributed by atoms with Crippen LogP contribution in [0.15, 0.2) is 53.9 Å². The number of esters is 2. The van der Waals surface area contributed by atoms with Crippen LogP contribution in [0.4, 0.5) is 14.4 Å². The van der Waals surface area contributed by atoms with Gasteiger partial charge in [-0.1, -0.05) is 112 Å². The molecule has 0 saturated carbocycles. The summed E-state index contributed by atoms with van der Waals surface area (Å²) < 4.78 is 16.8. The first-order valence-corrected chi connectivity index (χ1v) is 43.3. The van der Waals surface area contributed by atoms with E-state index in [1.54, 1.807) is 26.0 Å². The van der Waals surface area contributed by atoms with Crippen LogP contribution in [0.25, 0.3) is 0 Å². The average molecular weight is 1790 g/mol. The molecule has 12 atom stereocenters. The molecule has 1 aliphatic rings. The van der Waals surface area contributed by atoms with Gasteiger partial charge in [0, 0.05) is 74.5 Å². The zero-order chi connectivity index (χ0) is 91.6. The Morgan fingerprint density at radius 1 is 0.634 bits per heavy atom. The number of thiazole rings is 1. The summed E-state index contributed by atoms with van der Waals surface area (Å²) in [4.78, 5) is 238. The van der Waals surface area contributed by atoms with Crippen molar-refractivity contribution in [3.05, 3.63) is 81.3 Å². The molecule has 1 aliphatic heterocycles. The number of likely N-dealkylation sites (tertiary alicyclic amines) is 1. The number of carbonyl (C=O) groups excluding carboxylic acids is 12. The summed E-state index contributed by atoms with van der Waals surface area (Å²) in [6, 6.07) is -0.384. The van der Waals surface area contributed by atoms with Gasteiger partial charge >= 0.3 is 65.9 Å². The minimum absolute atomic E-state index is 0.0109. The highest BCUT2D eigenvalue weighted by Gasteiger charge is 2.41. The third-order valence-electron chi connectivity index (χ3n) is 19.6. The summed E-state index contributed by atoms with van der Waals surface area (Å²) in [5.74, 6) is -18.3. The van der Waals surface area contributed by atoms with Crippen molar-refractivity contribution in [1.82, 2.24) is 68.2 Å². The number of rotatable bonds is 55. The van der Waals surface area contributed by atoms with Gasteiger partial charge in [0.05, 0.1) is 25.3 Å². The van der Waals surface area contributed by atoms with E-state index in [1.807, 2.05) is 45.0 Å². The number of benzene rings is 2. The van der Waals surface area contributed by atoms with Crippen molar-refractivity contribution in [3.8, 4) is 5.75 Å². The molecule has 41 nitrogen and oxygen atoms in total. The number of likely N-dealkylation sites (N-methyl/N-ethyl adjacent to an activating group) is 1. The summed E-state index contributed by atoms with van der Waals surface area (Å²) in [7, 11) is 3.71. The van der Waals surface area contributed by atoms with Gasteiger partial charge in [0.1, 0.15) is 59.3 Å². The number of carboxylic acid groups (broad SMARTS) is 6. The van der Waals surface area contributed by atoms with Gasteiger partial charge in [-0.2, -0.15) is 0 Å². The van der Waals surface area contributed by atoms with Crippen LogP contribution in [0.3, 0.4) is 0 Å². The first-order valence-electron chi connectivity index (χ1n) is 40.0. The number of Topliss-reactive ketones (excluding diaryl/α,β-unsaturated/α-hetero) is 1. The average Bonchev–Trinajstić information content (AvgIpc) is 1.60. The molecule has 1 unspecified atom stereocenters. The Labute approximate surface area is 721 Å². The Balaban J connectivity index is 1.29. The molecule has 0 bridgehead atoms. The molecule has 680 valence electrons. The summed E-state index contributed by atoms with van der Waals surface area (Å²) in [6.07, 6.45) is -1.98. The standard InChI is InChI=1S/C79H113N13O28S3/c1-9-15-66(103)119-42-92(73(108)67(44(5)10-2)88-71(107)58-17-12-14-29-91(58)8)59(43(3)4)38-61(120-46(7)93)72-85-56(40-121-72)60(95)34-50(33-47-22-24-51(94)25-23-47)32-45(6)68(104)89-90-79(117)118-30-31-122-123-41-57(76(113)114)84-70(106)55(37-65(101)102)83-69(105)54(36-64(99)100)82-62(96)35-48-18-20-49(21-19-48)39-81-77(115)80-28-13-11-16-52(74(109)110)86-78(116)87-53(75(111)112)26-27-63(97)98/h18-25,40,43-45,50,52-55,57-59,61,67,94H,9-17,26-39,41-42H2,1-8H3,(H,82,96)(H,83,105)(H,84,106)(H,88,107)(H,89,104)(H,90,117)(H,97,98)(H,99,100)(H,101,102)(H,109,110)(H,111,112)(H,113,114)(H2,80,81,115)(H2,86,87,116)/t44?,45-,50+,52-,53-,54-,55-,57-,58+,59+,61+,67-/m0/s1. The van der Waals surface area contributed by atoms with E-state index in [2.05, 4.69) is 53.1 Å². The lowest BCUT2D eigenvalue weighted by Gasteiger charge is -2.39. The maximum atomic E-state index is 15.0. The van der Waals surface area contributed by atoms with E-state index in [1.165, 1.54) is 53.6 Å². The summed E-state index contributed by atoms with van der Waals surface area (Å²) in [5.41, 5.74) is 6.04. The van der Waals surface area contributed by atoms with Crippen molar-refractivity contribution in [1.29, 1.82) is 0 Å². The van der Waals surface area contributed by atoms with Gasteiger partial charge in [-0.05, 0) is 118 Å². The van der Waals surface area contributed by atoms with Gasteiger partial charge in [-0.25, -0.2) is 39.2 Å². The number of amides is 11. The minimum atomic E-state index is -2.00. The van der Waals surface area contributed by atoms with Crippen LogP contribution < -0.4 is 53.4 Å². The van der Waals surface area contributed by atoms with Gasteiger partial charge in [0.2, 0.25) is 35.4 Å². The Morgan fingerprint density at radius 2 is 1.24 bits per heavy atom. The smallest absolute Gasteiger partial charge is 0.426 e. The van der Waals surface area contributed by atoms with E-state index in [0.29, 0.717) is 42.5 Å². The van der Waals surface area contributed by atoms with E-state index in [0.717, 1.165) is 45.8 Å². The number of urea groups is 2. The quantitative estimate of drug-likeness (QED) is 0.00709. The van der Waals surface area contributed by atoms with Crippen molar-refractivity contribution in [2.45, 2.75) is 225 Å². The number of nitrogens with zero attached hydrogens (tertiary/aromatic N) is 3. The third-order valence-corrected chi connectivity index (χ3v) is 22.9. The number of aliphatic carboxylic acids is 6. The normalized spacial score (nSPS) is 15.2. The molecule has 1 fully saturated rings. The monoisotopic (exact) mass is 1790 g/mol. The first-order chi connectivity index (χ1) is 58.2. The van der Waals surface area contributed by atoms with Crippen LogP contribution in [0, 0.1) is 23.7 Å². The second kappa shape index (κ2) is 54.2. The Bertz CT molecular complexity index is 4100. The SMILES string of the molecule is CCCC(=O)OCN(C(=O)[C@@H](NC(=O)[C@H]1CCCCN1C)C(C)CC)[C@H](C[C@@H](OC(C)=O)c1nc(C(=O)C[C@@H](Cc2ccc(O)cc2)C[C@H](C)C(=O)NNC(=O)OCCSSC[C@H](NC(=O)[C@H](CC(=O)O)NC(=O)[C@H](CC(=O)O)NC(=O)Cc2ccc(CNC(=O)NCCCC[C@H](NC(=O)N[C@@H](CCC(=O)O)C(=O)O)C(=O)O)cc2)C(=O)O)cs1)C(C)C. The minimum Gasteiger partial charge on any atom is -0.508 e. The largest absolute Gasteiger partial charge is 0.508 e. The number of hydrazine groups is 1. The van der Waals surface area contributed by atoms with Gasteiger partial charge in [0.15, 0.2) is 18.6 Å². The topological polar surface area (TPSA) is 616 Å². The number of aromatic nitrogens is 1. The van der Waals surface area contributed by atoms with Crippen LogP contribution in [0.2, 0.25) is 0 Å². The zero-order valence-corrected chi connectivity index (χ0v) is 72.1. The molecule has 3 aromatic rings. The van der Waals surface area contributed by atoms with Crippen LogP contribution >= 0.6 is 32.9 Å². The van der Waals surface area contributed by atoms with E-state index < -0.39 is 206 Å². The molecule has 11 amide bonds. The number of unbranched alkanes of at least 4 members (excludes halogenated alkanes) is 1. The Hall–Kier alpha value is -11.4. The molecular weight excluding hydrogens is 1680 g/mol. The number of piperidine rings is 1. The molecular formula is C79H113N13O28S3. The highest BCUT2D eigenvalue weighted by atomic mass is 33.1. The Morgan fingerprint density at radius 3 is 1.83 bits per heavy atom. The number of phenolic OH excluding ortho intramolecular Hbond substituents is 1. The summed E-state index contributed by atoms with van der Waals surface area (Å²) in [6.45, 7) is 12.0. The van der Waals surface area contributed by atoms with E-state index in [-0.39, 0.29) is 117 Å². The van der Waals surface area contributed by atoms with E-state index in [4.69, 9.17) is 19.3 Å². The van der Waals surface area contributed by atoms with Crippen molar-refractivity contribution in [3.63, 3.8) is 0 Å². The van der Waals surface area contributed by atoms with E-state index >= 15 is 4.79 Å². The molecule has 2 aromatic carbocycles. The number of phenols is 1. The fraction of sp³-hybridized carbons (Fsp3) is 0.582. The second-order valence-corrected chi connectivity index (χ2v) is 33.4.